The number of carboxylic acids is 3. The van der Waals surface area contributed by atoms with Crippen molar-refractivity contribution in [1.82, 2.24) is 0 Å². The number of rotatable bonds is 6. The summed E-state index contributed by atoms with van der Waals surface area (Å²) >= 11 is 0. The third kappa shape index (κ3) is 57.4. The van der Waals surface area contributed by atoms with Gasteiger partial charge >= 0.3 is 17.9 Å². The Hall–Kier alpha value is -0.213. The summed E-state index contributed by atoms with van der Waals surface area (Å²) in [6, 6.07) is 0. The second kappa shape index (κ2) is 22.9. The molecule has 0 saturated carbocycles. The number of hydrogen-bond donors (Lipinski definition) is 3. The van der Waals surface area contributed by atoms with Crippen LogP contribution in [-0.2, 0) is 14.4 Å². The monoisotopic (exact) mass is 404 g/mol. The molecule has 0 unspecified atom stereocenters. The van der Waals surface area contributed by atoms with Crippen molar-refractivity contribution in [2.45, 2.75) is 59.3 Å². The van der Waals surface area contributed by atoms with E-state index in [2.05, 4.69) is 0 Å². The number of aliphatic carboxylic acids is 3. The van der Waals surface area contributed by atoms with E-state index < -0.39 is 17.9 Å². The van der Waals surface area contributed by atoms with Crippen molar-refractivity contribution in [1.29, 1.82) is 0 Å². The summed E-state index contributed by atoms with van der Waals surface area (Å²) in [6.07, 6.45) is 3.07. The minimum atomic E-state index is -0.711. The molecule has 112 valence electrons. The summed E-state index contributed by atoms with van der Waals surface area (Å²) in [6.45, 7) is 5.52. The van der Waals surface area contributed by atoms with Crippen LogP contribution in [0.25, 0.3) is 0 Å². The van der Waals surface area contributed by atoms with Crippen molar-refractivity contribution in [3.63, 3.8) is 0 Å². The van der Waals surface area contributed by atoms with Gasteiger partial charge < -0.3 is 15.3 Å². The predicted molar refractivity (Wildman–Crippen MR) is 67.6 cm³/mol. The predicted octanol–water partition coefficient (Wildman–Crippen LogP) is 2.61. The van der Waals surface area contributed by atoms with Gasteiger partial charge in [0.1, 0.15) is 0 Å². The third-order valence-corrected chi connectivity index (χ3v) is 1.39. The Morgan fingerprint density at radius 3 is 0.789 bits per heavy atom. The van der Waals surface area contributed by atoms with Crippen LogP contribution in [0.5, 0.6) is 0 Å². The Kier molecular flexibility index (Phi) is 32.8. The average Bonchev–Trinajstić information content (AvgIpc) is 2.18. The Bertz CT molecular complexity index is 192. The minimum absolute atomic E-state index is 0. The molecule has 0 aromatic heterocycles. The fourth-order valence-electron chi connectivity index (χ4n) is 0.642. The Balaban J connectivity index is -0.0000000865. The molecular weight excluding hydrogens is 380 g/mol. The maximum Gasteiger partial charge on any atom is 0.303 e. The van der Waals surface area contributed by atoms with E-state index in [4.69, 9.17) is 15.3 Å². The summed E-state index contributed by atoms with van der Waals surface area (Å²) in [5, 5.41) is 23.7. The molecule has 0 aromatic carbocycles. The van der Waals surface area contributed by atoms with Gasteiger partial charge in [0.05, 0.1) is 0 Å². The molecule has 0 aliphatic rings. The van der Waals surface area contributed by atoms with E-state index in [0.717, 1.165) is 19.3 Å². The molecule has 0 radical (unpaired) electrons. The first-order valence-corrected chi connectivity index (χ1v) is 5.97. The molecule has 0 fully saturated rings. The second-order valence-electron chi connectivity index (χ2n) is 3.43. The molecule has 0 aliphatic carbocycles. The average molecular weight is 404 g/mol. The largest absolute Gasteiger partial charge is 0.481 e. The first-order valence-electron chi connectivity index (χ1n) is 5.97. The van der Waals surface area contributed by atoms with Crippen LogP contribution in [0.4, 0.5) is 0 Å². The van der Waals surface area contributed by atoms with Crippen LogP contribution in [-0.4, -0.2) is 33.2 Å². The fraction of sp³-hybridized carbons (Fsp3) is 0.750. The molecule has 19 heavy (non-hydrogen) atoms. The van der Waals surface area contributed by atoms with Crippen molar-refractivity contribution in [2.75, 3.05) is 0 Å². The minimum Gasteiger partial charge on any atom is -0.481 e. The van der Waals surface area contributed by atoms with Gasteiger partial charge in [0, 0.05) is 61.0 Å². The number of carbonyl (C=O) groups is 3. The van der Waals surface area contributed by atoms with Crippen LogP contribution in [0.3, 0.4) is 0 Å². The van der Waals surface area contributed by atoms with Crippen molar-refractivity contribution >= 4 is 17.9 Å². The molecule has 0 aliphatic heterocycles. The van der Waals surface area contributed by atoms with E-state index >= 15 is 0 Å². The topological polar surface area (TPSA) is 112 Å². The standard InChI is InChI=1S/3C4H8O2.Ce/c3*1-2-3-4(5)6;/h3*2-3H2,1H3,(H,5,6);. The smallest absolute Gasteiger partial charge is 0.303 e. The van der Waals surface area contributed by atoms with Gasteiger partial charge in [0.15, 0.2) is 0 Å². The van der Waals surface area contributed by atoms with E-state index in [1.165, 1.54) is 0 Å². The van der Waals surface area contributed by atoms with Crippen LogP contribution in [0.2, 0.25) is 0 Å². The van der Waals surface area contributed by atoms with Crippen LogP contribution in [0.15, 0.2) is 0 Å². The van der Waals surface area contributed by atoms with Gasteiger partial charge in [0.2, 0.25) is 0 Å². The Morgan fingerprint density at radius 2 is 0.789 bits per heavy atom. The fourth-order valence-corrected chi connectivity index (χ4v) is 0.642. The summed E-state index contributed by atoms with van der Waals surface area (Å²) in [4.78, 5) is 28.8. The summed E-state index contributed by atoms with van der Waals surface area (Å²) in [7, 11) is 0. The number of carboxylic acid groups (broad SMARTS) is 3. The first-order chi connectivity index (χ1) is 8.31. The third-order valence-electron chi connectivity index (χ3n) is 1.39. The van der Waals surface area contributed by atoms with Crippen LogP contribution in [0.1, 0.15) is 59.3 Å². The quantitative estimate of drug-likeness (QED) is 0.627. The van der Waals surface area contributed by atoms with Crippen LogP contribution >= 0.6 is 0 Å². The molecule has 0 amide bonds. The molecule has 0 aromatic rings. The van der Waals surface area contributed by atoms with Crippen molar-refractivity contribution < 1.29 is 71.5 Å². The SMILES string of the molecule is CCCC(=O)O.CCCC(=O)O.CCCC(=O)O.[Ce]. The van der Waals surface area contributed by atoms with Crippen molar-refractivity contribution in [3.8, 4) is 0 Å². The molecule has 6 nitrogen and oxygen atoms in total. The number of hydrogen-bond acceptors (Lipinski definition) is 3. The summed E-state index contributed by atoms with van der Waals surface area (Å²) in [5.74, 6) is -2.13. The van der Waals surface area contributed by atoms with E-state index in [0.29, 0.717) is 19.3 Å². The summed E-state index contributed by atoms with van der Waals surface area (Å²) < 4.78 is 0. The van der Waals surface area contributed by atoms with E-state index in [1.807, 2.05) is 20.8 Å². The van der Waals surface area contributed by atoms with Gasteiger partial charge in [0.25, 0.3) is 0 Å². The molecule has 0 bridgehead atoms. The van der Waals surface area contributed by atoms with Gasteiger partial charge in [-0.3, -0.25) is 14.4 Å². The van der Waals surface area contributed by atoms with Crippen molar-refractivity contribution in [2.24, 2.45) is 0 Å². The van der Waals surface area contributed by atoms with Gasteiger partial charge in [-0.2, -0.15) is 0 Å². The molecular formula is C12H24CeO6. The molecule has 0 saturated heterocycles. The molecule has 0 heterocycles. The molecule has 0 atom stereocenters. The van der Waals surface area contributed by atoms with Gasteiger partial charge in [-0.1, -0.05) is 20.8 Å². The maximum absolute atomic E-state index is 9.60. The van der Waals surface area contributed by atoms with Gasteiger partial charge in [-0.25, -0.2) is 0 Å². The van der Waals surface area contributed by atoms with Gasteiger partial charge in [-0.15, -0.1) is 0 Å². The van der Waals surface area contributed by atoms with Crippen LogP contribution < -0.4 is 0 Å². The van der Waals surface area contributed by atoms with E-state index in [1.54, 1.807) is 0 Å². The molecule has 0 spiro atoms. The zero-order valence-electron chi connectivity index (χ0n) is 11.8. The van der Waals surface area contributed by atoms with E-state index in [-0.39, 0.29) is 41.7 Å². The van der Waals surface area contributed by atoms with Crippen molar-refractivity contribution in [3.05, 3.63) is 0 Å². The van der Waals surface area contributed by atoms with Crippen LogP contribution in [0, 0.1) is 41.7 Å². The maximum atomic E-state index is 9.60. The molecule has 7 heteroatoms. The molecule has 0 rings (SSSR count). The molecule has 3 N–H and O–H groups in total. The summed E-state index contributed by atoms with van der Waals surface area (Å²) in [5.41, 5.74) is 0. The Morgan fingerprint density at radius 1 is 0.632 bits per heavy atom. The van der Waals surface area contributed by atoms with Gasteiger partial charge in [-0.05, 0) is 19.3 Å². The van der Waals surface area contributed by atoms with E-state index in [9.17, 15) is 14.4 Å². The normalized spacial score (nSPS) is 7.74. The first kappa shape index (κ1) is 27.2. The zero-order chi connectivity index (χ0) is 15.0. The zero-order valence-corrected chi connectivity index (χ0v) is 14.9. The Labute approximate surface area is 148 Å². The second-order valence-corrected chi connectivity index (χ2v) is 3.43.